The highest BCUT2D eigenvalue weighted by Crippen LogP contribution is 2.09. The van der Waals surface area contributed by atoms with Gasteiger partial charge in [-0.25, -0.2) is 4.79 Å². The van der Waals surface area contributed by atoms with Crippen molar-refractivity contribution in [3.8, 4) is 0 Å². The van der Waals surface area contributed by atoms with Crippen LogP contribution in [0.5, 0.6) is 0 Å². The minimum Gasteiger partial charge on any atom is -0.465 e. The molecule has 0 saturated heterocycles. The van der Waals surface area contributed by atoms with Crippen LogP contribution in [0.15, 0.2) is 53.2 Å². The molecule has 0 aliphatic rings. The Balaban J connectivity index is 2.07. The quantitative estimate of drug-likeness (QED) is 0.479. The van der Waals surface area contributed by atoms with Gasteiger partial charge in [-0.2, -0.15) is 0 Å². The number of allylic oxidation sites excluding steroid dienone is 1. The predicted molar refractivity (Wildman–Crippen MR) is 69.9 cm³/mol. The largest absolute Gasteiger partial charge is 0.465 e. The van der Waals surface area contributed by atoms with Crippen molar-refractivity contribution < 1.29 is 18.7 Å². The molecule has 0 bridgehead atoms. The van der Waals surface area contributed by atoms with E-state index >= 15 is 0 Å². The zero-order valence-electron chi connectivity index (χ0n) is 10.3. The lowest BCUT2D eigenvalue weighted by Gasteiger charge is -1.99. The molecule has 0 unspecified atom stereocenters. The van der Waals surface area contributed by atoms with Crippen molar-refractivity contribution in [2.45, 2.75) is 0 Å². The lowest BCUT2D eigenvalue weighted by Crippen LogP contribution is -2.00. The van der Waals surface area contributed by atoms with Gasteiger partial charge in [-0.15, -0.1) is 0 Å². The first-order chi connectivity index (χ1) is 9.20. The summed E-state index contributed by atoms with van der Waals surface area (Å²) in [5.74, 6) is -0.299. The van der Waals surface area contributed by atoms with Crippen molar-refractivity contribution in [2.24, 2.45) is 0 Å². The number of carbonyl (C=O) groups is 2. The van der Waals surface area contributed by atoms with Crippen LogP contribution < -0.4 is 0 Å². The number of ether oxygens (including phenoxy) is 1. The van der Waals surface area contributed by atoms with E-state index in [4.69, 9.17) is 4.42 Å². The number of ketones is 1. The van der Waals surface area contributed by atoms with Gasteiger partial charge in [0.15, 0.2) is 5.76 Å². The smallest absolute Gasteiger partial charge is 0.337 e. The van der Waals surface area contributed by atoms with Gasteiger partial charge in [0, 0.05) is 0 Å². The van der Waals surface area contributed by atoms with E-state index in [1.165, 1.54) is 19.4 Å². The number of hydrogen-bond donors (Lipinski definition) is 0. The van der Waals surface area contributed by atoms with Crippen LogP contribution in [0.2, 0.25) is 0 Å². The topological polar surface area (TPSA) is 56.5 Å². The molecule has 0 saturated carbocycles. The van der Waals surface area contributed by atoms with Crippen molar-refractivity contribution in [3.05, 3.63) is 65.6 Å². The van der Waals surface area contributed by atoms with Crippen molar-refractivity contribution >= 4 is 17.8 Å². The van der Waals surface area contributed by atoms with Gasteiger partial charge in [0.2, 0.25) is 5.78 Å². The molecular formula is C15H12O4. The monoisotopic (exact) mass is 256 g/mol. The average molecular weight is 256 g/mol. The fourth-order valence-electron chi connectivity index (χ4n) is 1.52. The number of furan rings is 1. The highest BCUT2D eigenvalue weighted by Gasteiger charge is 2.05. The molecule has 0 aliphatic carbocycles. The van der Waals surface area contributed by atoms with Crippen LogP contribution >= 0.6 is 0 Å². The van der Waals surface area contributed by atoms with Crippen molar-refractivity contribution in [2.75, 3.05) is 7.11 Å². The lowest BCUT2D eigenvalue weighted by atomic mass is 10.1. The molecule has 0 radical (unpaired) electrons. The second-order valence-electron chi connectivity index (χ2n) is 3.79. The minimum atomic E-state index is -0.387. The van der Waals surface area contributed by atoms with E-state index in [-0.39, 0.29) is 11.8 Å². The SMILES string of the molecule is COC(=O)c1ccc(C=CC(=O)c2ccco2)cc1. The number of benzene rings is 1. The van der Waals surface area contributed by atoms with Crippen LogP contribution in [0, 0.1) is 0 Å². The van der Waals surface area contributed by atoms with Crippen molar-refractivity contribution in [1.82, 2.24) is 0 Å². The zero-order chi connectivity index (χ0) is 13.7. The van der Waals surface area contributed by atoms with Crippen LogP contribution in [0.3, 0.4) is 0 Å². The van der Waals surface area contributed by atoms with Crippen LogP contribution in [-0.4, -0.2) is 18.9 Å². The zero-order valence-corrected chi connectivity index (χ0v) is 10.3. The molecule has 1 aromatic carbocycles. The molecule has 0 atom stereocenters. The van der Waals surface area contributed by atoms with Crippen LogP contribution in [-0.2, 0) is 4.74 Å². The maximum Gasteiger partial charge on any atom is 0.337 e. The Kier molecular flexibility index (Phi) is 3.93. The number of hydrogen-bond acceptors (Lipinski definition) is 4. The minimum absolute atomic E-state index is 0.206. The highest BCUT2D eigenvalue weighted by atomic mass is 16.5. The number of esters is 1. The fraction of sp³-hybridized carbons (Fsp3) is 0.0667. The van der Waals surface area contributed by atoms with Gasteiger partial charge in [-0.3, -0.25) is 4.79 Å². The molecule has 2 aromatic rings. The van der Waals surface area contributed by atoms with Gasteiger partial charge >= 0.3 is 5.97 Å². The predicted octanol–water partition coefficient (Wildman–Crippen LogP) is 2.96. The van der Waals surface area contributed by atoms with E-state index in [1.54, 1.807) is 42.5 Å². The summed E-state index contributed by atoms with van der Waals surface area (Å²) in [5.41, 5.74) is 1.28. The highest BCUT2D eigenvalue weighted by molar-refractivity contribution is 6.04. The average Bonchev–Trinajstić information content (AvgIpc) is 2.98. The first kappa shape index (κ1) is 12.8. The third kappa shape index (κ3) is 3.19. The normalized spacial score (nSPS) is 10.6. The molecule has 1 aromatic heterocycles. The molecule has 0 N–H and O–H groups in total. The Hall–Kier alpha value is -2.62. The van der Waals surface area contributed by atoms with Gasteiger partial charge in [-0.1, -0.05) is 18.2 Å². The number of carbonyl (C=O) groups excluding carboxylic acids is 2. The summed E-state index contributed by atoms with van der Waals surface area (Å²) in [4.78, 5) is 22.9. The molecular weight excluding hydrogens is 244 g/mol. The van der Waals surface area contributed by atoms with Crippen LogP contribution in [0.1, 0.15) is 26.5 Å². The van der Waals surface area contributed by atoms with Crippen LogP contribution in [0.4, 0.5) is 0 Å². The molecule has 4 heteroatoms. The maximum atomic E-state index is 11.6. The second-order valence-corrected chi connectivity index (χ2v) is 3.79. The Morgan fingerprint density at radius 3 is 2.47 bits per heavy atom. The molecule has 0 aliphatic heterocycles. The third-order valence-electron chi connectivity index (χ3n) is 2.52. The van der Waals surface area contributed by atoms with Crippen molar-refractivity contribution in [1.29, 1.82) is 0 Å². The third-order valence-corrected chi connectivity index (χ3v) is 2.52. The summed E-state index contributed by atoms with van der Waals surface area (Å²) in [7, 11) is 1.33. The van der Waals surface area contributed by atoms with Gasteiger partial charge in [0.05, 0.1) is 18.9 Å². The molecule has 2 rings (SSSR count). The van der Waals surface area contributed by atoms with Gasteiger partial charge < -0.3 is 9.15 Å². The molecule has 0 spiro atoms. The van der Waals surface area contributed by atoms with Crippen molar-refractivity contribution in [3.63, 3.8) is 0 Å². The van der Waals surface area contributed by atoms with Crippen LogP contribution in [0.25, 0.3) is 6.08 Å². The second kappa shape index (κ2) is 5.82. The standard InChI is InChI=1S/C15H12O4/c1-18-15(17)12-7-4-11(5-8-12)6-9-13(16)14-3-2-10-19-14/h2-10H,1H3. The van der Waals surface area contributed by atoms with Gasteiger partial charge in [0.25, 0.3) is 0 Å². The fourth-order valence-corrected chi connectivity index (χ4v) is 1.52. The number of rotatable bonds is 4. The van der Waals surface area contributed by atoms with Gasteiger partial charge in [0.1, 0.15) is 0 Å². The Bertz CT molecular complexity index is 592. The van der Waals surface area contributed by atoms with E-state index in [9.17, 15) is 9.59 Å². The summed E-state index contributed by atoms with van der Waals surface area (Å²) in [5, 5.41) is 0. The van der Waals surface area contributed by atoms with E-state index in [1.807, 2.05) is 0 Å². The number of methoxy groups -OCH3 is 1. The van der Waals surface area contributed by atoms with E-state index in [2.05, 4.69) is 4.74 Å². The molecule has 0 fully saturated rings. The van der Waals surface area contributed by atoms with E-state index in [0.29, 0.717) is 11.3 Å². The molecule has 1 heterocycles. The maximum absolute atomic E-state index is 11.6. The summed E-state index contributed by atoms with van der Waals surface area (Å²) >= 11 is 0. The molecule has 0 amide bonds. The molecule has 4 nitrogen and oxygen atoms in total. The van der Waals surface area contributed by atoms with Gasteiger partial charge in [-0.05, 0) is 35.9 Å². The Labute approximate surface area is 110 Å². The van der Waals surface area contributed by atoms with E-state index < -0.39 is 0 Å². The first-order valence-corrected chi connectivity index (χ1v) is 5.65. The molecule has 19 heavy (non-hydrogen) atoms. The lowest BCUT2D eigenvalue weighted by molar-refractivity contribution is 0.0600. The summed E-state index contributed by atoms with van der Waals surface area (Å²) in [6.45, 7) is 0. The summed E-state index contributed by atoms with van der Waals surface area (Å²) < 4.78 is 9.59. The Morgan fingerprint density at radius 2 is 1.89 bits per heavy atom. The summed E-state index contributed by atoms with van der Waals surface area (Å²) in [6.07, 6.45) is 4.53. The molecule has 96 valence electrons. The first-order valence-electron chi connectivity index (χ1n) is 5.65. The summed E-state index contributed by atoms with van der Waals surface area (Å²) in [6, 6.07) is 10.0. The Morgan fingerprint density at radius 1 is 1.16 bits per heavy atom. The van der Waals surface area contributed by atoms with E-state index in [0.717, 1.165) is 5.56 Å².